The van der Waals surface area contributed by atoms with E-state index in [1.54, 1.807) is 24.4 Å². The van der Waals surface area contributed by atoms with E-state index in [9.17, 15) is 14.7 Å². The van der Waals surface area contributed by atoms with Crippen molar-refractivity contribution >= 4 is 34.3 Å². The third-order valence-corrected chi connectivity index (χ3v) is 8.86. The Kier molecular flexibility index (Phi) is 6.92. The average molecular weight is 577 g/mol. The lowest BCUT2D eigenvalue weighted by atomic mass is 9.66. The largest absolute Gasteiger partial charge is 0.384 e. The number of carbonyl (C=O) groups is 2. The molecule has 41 heavy (non-hydrogen) atoms. The van der Waals surface area contributed by atoms with Crippen LogP contribution in [0.15, 0.2) is 59.4 Å². The number of piperidine rings is 2. The first-order valence-corrected chi connectivity index (χ1v) is 14.0. The Hall–Kier alpha value is -3.66. The number of pyridine rings is 1. The zero-order valence-corrected chi connectivity index (χ0v) is 23.5. The van der Waals surface area contributed by atoms with E-state index in [1.807, 2.05) is 38.1 Å². The first-order valence-electron chi connectivity index (χ1n) is 13.6. The van der Waals surface area contributed by atoms with Crippen LogP contribution in [-0.4, -0.2) is 45.1 Å². The van der Waals surface area contributed by atoms with Crippen molar-refractivity contribution in [2.75, 3.05) is 13.1 Å². The molecule has 2 fully saturated rings. The molecule has 2 aliphatic heterocycles. The zero-order chi connectivity index (χ0) is 28.9. The van der Waals surface area contributed by atoms with Crippen LogP contribution < -0.4 is 5.32 Å². The summed E-state index contributed by atoms with van der Waals surface area (Å²) in [4.78, 5) is 30.6. The quantitative estimate of drug-likeness (QED) is 0.309. The average Bonchev–Trinajstić information content (AvgIpc) is 3.37. The summed E-state index contributed by atoms with van der Waals surface area (Å²) in [6.07, 6.45) is 3.87. The number of halogens is 2. The van der Waals surface area contributed by atoms with E-state index in [-0.39, 0.29) is 23.3 Å². The van der Waals surface area contributed by atoms with Crippen LogP contribution >= 0.6 is 11.6 Å². The van der Waals surface area contributed by atoms with Crippen molar-refractivity contribution in [3.63, 3.8) is 0 Å². The van der Waals surface area contributed by atoms with Crippen molar-refractivity contribution in [1.82, 2.24) is 20.4 Å². The molecule has 4 aromatic rings. The molecule has 0 aliphatic carbocycles. The first-order chi connectivity index (χ1) is 19.6. The number of nitrogens with zero attached hydrogens (tertiary/aromatic N) is 3. The van der Waals surface area contributed by atoms with Gasteiger partial charge in [0, 0.05) is 54.2 Å². The Morgan fingerprint density at radius 2 is 1.98 bits per heavy atom. The van der Waals surface area contributed by atoms with Crippen molar-refractivity contribution in [2.45, 2.75) is 51.2 Å². The molecule has 0 bridgehead atoms. The number of benzene rings is 2. The van der Waals surface area contributed by atoms with Gasteiger partial charge in [0.1, 0.15) is 22.8 Å². The highest BCUT2D eigenvalue weighted by atomic mass is 35.5. The van der Waals surface area contributed by atoms with Crippen LogP contribution in [0.5, 0.6) is 0 Å². The number of aliphatic hydroxyl groups is 1. The molecule has 0 radical (unpaired) electrons. The van der Waals surface area contributed by atoms with Gasteiger partial charge in [0.25, 0.3) is 0 Å². The molecule has 2 aliphatic rings. The molecule has 0 saturated carbocycles. The van der Waals surface area contributed by atoms with Gasteiger partial charge >= 0.3 is 0 Å². The summed E-state index contributed by atoms with van der Waals surface area (Å²) in [5.74, 6) is -1.81. The minimum Gasteiger partial charge on any atom is -0.384 e. The van der Waals surface area contributed by atoms with Crippen LogP contribution in [0, 0.1) is 11.2 Å². The van der Waals surface area contributed by atoms with Gasteiger partial charge in [-0.2, -0.15) is 0 Å². The number of aromatic nitrogens is 2. The highest BCUT2D eigenvalue weighted by molar-refractivity contribution is 6.32. The smallest absolute Gasteiger partial charge is 0.234 e. The lowest BCUT2D eigenvalue weighted by Gasteiger charge is -2.50. The molecular formula is C31H30ClFN4O4. The number of amides is 2. The van der Waals surface area contributed by atoms with Crippen LogP contribution in [0.4, 0.5) is 4.39 Å². The van der Waals surface area contributed by atoms with E-state index in [2.05, 4.69) is 20.4 Å². The van der Waals surface area contributed by atoms with Crippen LogP contribution in [0.1, 0.15) is 55.7 Å². The standard InChI is InChI=1S/C31H30ClFN4O4/c1-30(2)17-37(15-18-3-5-19(6-4-18)28-24(32)16-41-36-28)12-11-31(30,40)23-8-9-25-22(27(23)33)13-20(14-34-25)21-7-10-26(38)35-29(21)39/h3-6,8-9,13-14,16,21,40H,7,10-12,15,17H2,1-2H3,(H,35,38,39)/t21?,31-/m0/s1. The lowest BCUT2D eigenvalue weighted by molar-refractivity contribution is -0.134. The Labute approximate surface area is 241 Å². The summed E-state index contributed by atoms with van der Waals surface area (Å²) >= 11 is 6.13. The second kappa shape index (κ2) is 10.3. The summed E-state index contributed by atoms with van der Waals surface area (Å²) < 4.78 is 21.1. The maximum atomic E-state index is 16.2. The fourth-order valence-electron chi connectivity index (χ4n) is 6.21. The van der Waals surface area contributed by atoms with Gasteiger partial charge in [0.2, 0.25) is 11.8 Å². The number of rotatable bonds is 5. The van der Waals surface area contributed by atoms with Crippen LogP contribution in [0.25, 0.3) is 22.2 Å². The normalized spacial score (nSPS) is 23.1. The van der Waals surface area contributed by atoms with Crippen molar-refractivity contribution in [3.05, 3.63) is 82.5 Å². The SMILES string of the molecule is CC1(C)CN(Cc2ccc(-c3nocc3Cl)cc2)CC[C@]1(O)c1ccc2ncc(C3CCC(=O)NC3=O)cc2c1F. The fourth-order valence-corrected chi connectivity index (χ4v) is 6.39. The van der Waals surface area contributed by atoms with Gasteiger partial charge in [0.05, 0.1) is 17.0 Å². The van der Waals surface area contributed by atoms with Gasteiger partial charge in [0.15, 0.2) is 0 Å². The topological polar surface area (TPSA) is 109 Å². The maximum Gasteiger partial charge on any atom is 0.234 e. The van der Waals surface area contributed by atoms with E-state index in [4.69, 9.17) is 16.1 Å². The van der Waals surface area contributed by atoms with Gasteiger partial charge in [-0.25, -0.2) is 4.39 Å². The van der Waals surface area contributed by atoms with Crippen LogP contribution in [-0.2, 0) is 21.7 Å². The number of carbonyl (C=O) groups excluding carboxylic acids is 2. The van der Waals surface area contributed by atoms with Crippen molar-refractivity contribution in [1.29, 1.82) is 0 Å². The van der Waals surface area contributed by atoms with Crippen LogP contribution in [0.2, 0.25) is 5.02 Å². The molecule has 2 aromatic carbocycles. The molecule has 2 aromatic heterocycles. The second-order valence-corrected chi connectivity index (χ2v) is 12.1. The number of hydrogen-bond donors (Lipinski definition) is 2. The molecule has 10 heteroatoms. The Balaban J connectivity index is 1.23. The number of likely N-dealkylation sites (tertiary alicyclic amines) is 1. The minimum atomic E-state index is -1.42. The van der Waals surface area contributed by atoms with E-state index >= 15 is 4.39 Å². The van der Waals surface area contributed by atoms with Crippen molar-refractivity contribution < 1.29 is 23.6 Å². The van der Waals surface area contributed by atoms with Crippen molar-refractivity contribution in [3.8, 4) is 11.3 Å². The highest BCUT2D eigenvalue weighted by Crippen LogP contribution is 2.48. The van der Waals surface area contributed by atoms with Crippen molar-refractivity contribution in [2.24, 2.45) is 5.41 Å². The Morgan fingerprint density at radius 3 is 2.66 bits per heavy atom. The third kappa shape index (κ3) is 4.92. The molecule has 0 spiro atoms. The molecule has 4 heterocycles. The number of fused-ring (bicyclic) bond motifs is 1. The highest BCUT2D eigenvalue weighted by Gasteiger charge is 2.50. The second-order valence-electron chi connectivity index (χ2n) is 11.7. The van der Waals surface area contributed by atoms with Crippen LogP contribution in [0.3, 0.4) is 0 Å². The zero-order valence-electron chi connectivity index (χ0n) is 22.8. The van der Waals surface area contributed by atoms with E-state index < -0.39 is 28.7 Å². The molecule has 212 valence electrons. The molecule has 2 atom stereocenters. The molecule has 6 rings (SSSR count). The molecule has 2 saturated heterocycles. The summed E-state index contributed by atoms with van der Waals surface area (Å²) in [5.41, 5.74) is 1.68. The van der Waals surface area contributed by atoms with Gasteiger partial charge in [-0.15, -0.1) is 0 Å². The maximum absolute atomic E-state index is 16.2. The van der Waals surface area contributed by atoms with Gasteiger partial charge < -0.3 is 9.63 Å². The molecule has 2 amide bonds. The fraction of sp³-hybridized carbons (Fsp3) is 0.355. The van der Waals surface area contributed by atoms with E-state index in [0.717, 1.165) is 11.1 Å². The van der Waals surface area contributed by atoms with E-state index in [1.165, 1.54) is 6.26 Å². The predicted molar refractivity (Wildman–Crippen MR) is 151 cm³/mol. The first kappa shape index (κ1) is 27.5. The Bertz CT molecular complexity index is 1650. The van der Waals surface area contributed by atoms with Gasteiger partial charge in [-0.1, -0.05) is 60.9 Å². The minimum absolute atomic E-state index is 0.224. The van der Waals surface area contributed by atoms with E-state index in [0.29, 0.717) is 54.3 Å². The lowest BCUT2D eigenvalue weighted by Crippen LogP contribution is -2.55. The summed E-state index contributed by atoms with van der Waals surface area (Å²) in [7, 11) is 0. The summed E-state index contributed by atoms with van der Waals surface area (Å²) in [6, 6.07) is 12.9. The summed E-state index contributed by atoms with van der Waals surface area (Å²) in [5, 5.41) is 19.0. The molecule has 2 N–H and O–H groups in total. The number of nitrogens with one attached hydrogen (secondary N) is 1. The molecule has 1 unspecified atom stereocenters. The van der Waals surface area contributed by atoms with Gasteiger partial charge in [-0.05, 0) is 36.1 Å². The number of hydrogen-bond acceptors (Lipinski definition) is 7. The number of imide groups is 1. The molecule has 8 nitrogen and oxygen atoms in total. The Morgan fingerprint density at radius 1 is 1.20 bits per heavy atom. The monoisotopic (exact) mass is 576 g/mol. The third-order valence-electron chi connectivity index (χ3n) is 8.60. The van der Waals surface area contributed by atoms with Gasteiger partial charge in [-0.3, -0.25) is 24.8 Å². The summed E-state index contributed by atoms with van der Waals surface area (Å²) in [6.45, 7) is 5.70. The molecular weight excluding hydrogens is 547 g/mol. The predicted octanol–water partition coefficient (Wildman–Crippen LogP) is 5.32.